The maximum Gasteiger partial charge on any atom is 0.265 e. The molecule has 1 atom stereocenters. The van der Waals surface area contributed by atoms with E-state index >= 15 is 0 Å². The van der Waals surface area contributed by atoms with E-state index in [2.05, 4.69) is 25.1 Å². The predicted molar refractivity (Wildman–Crippen MR) is 94.8 cm³/mol. The van der Waals surface area contributed by atoms with Crippen LogP contribution in [-0.4, -0.2) is 49.0 Å². The van der Waals surface area contributed by atoms with Crippen molar-refractivity contribution in [1.82, 2.24) is 30.0 Å². The third-order valence-electron chi connectivity index (χ3n) is 4.56. The van der Waals surface area contributed by atoms with Gasteiger partial charge in [0.05, 0.1) is 22.5 Å². The zero-order valence-electron chi connectivity index (χ0n) is 14.5. The molecule has 134 valence electrons. The molecule has 1 aliphatic rings. The SMILES string of the molecule is CCc1nc(-c2cncnc2C2CCN(C(=O)c3scnc3C)C2)no1. The van der Waals surface area contributed by atoms with Crippen LogP contribution in [0.2, 0.25) is 0 Å². The van der Waals surface area contributed by atoms with Crippen molar-refractivity contribution in [1.29, 1.82) is 0 Å². The van der Waals surface area contributed by atoms with Gasteiger partial charge in [-0.15, -0.1) is 11.3 Å². The second-order valence-corrected chi connectivity index (χ2v) is 7.05. The fourth-order valence-corrected chi connectivity index (χ4v) is 3.93. The zero-order valence-corrected chi connectivity index (χ0v) is 15.4. The molecule has 0 bridgehead atoms. The minimum atomic E-state index is 0.0379. The lowest BCUT2D eigenvalue weighted by Crippen LogP contribution is -2.28. The summed E-state index contributed by atoms with van der Waals surface area (Å²) >= 11 is 1.39. The molecule has 0 radical (unpaired) electrons. The van der Waals surface area contributed by atoms with Crippen molar-refractivity contribution in [2.75, 3.05) is 13.1 Å². The normalized spacial score (nSPS) is 17.0. The highest BCUT2D eigenvalue weighted by Crippen LogP contribution is 2.32. The maximum absolute atomic E-state index is 12.7. The fourth-order valence-electron chi connectivity index (χ4n) is 3.16. The van der Waals surface area contributed by atoms with Gasteiger partial charge in [-0.1, -0.05) is 12.1 Å². The van der Waals surface area contributed by atoms with Crippen LogP contribution in [0.3, 0.4) is 0 Å². The molecule has 26 heavy (non-hydrogen) atoms. The number of aromatic nitrogens is 5. The van der Waals surface area contributed by atoms with E-state index in [-0.39, 0.29) is 11.8 Å². The van der Waals surface area contributed by atoms with Gasteiger partial charge in [0.15, 0.2) is 0 Å². The molecule has 0 saturated carbocycles. The number of carbonyl (C=O) groups excluding carboxylic acids is 1. The van der Waals surface area contributed by atoms with Gasteiger partial charge >= 0.3 is 0 Å². The lowest BCUT2D eigenvalue weighted by molar-refractivity contribution is 0.0794. The number of aryl methyl sites for hydroxylation is 2. The van der Waals surface area contributed by atoms with Crippen LogP contribution < -0.4 is 0 Å². The lowest BCUT2D eigenvalue weighted by atomic mass is 10.00. The van der Waals surface area contributed by atoms with Gasteiger partial charge in [-0.25, -0.2) is 15.0 Å². The predicted octanol–water partition coefficient (Wildman–Crippen LogP) is 2.48. The molecule has 1 saturated heterocycles. The first-order valence-electron chi connectivity index (χ1n) is 8.49. The molecule has 3 aromatic heterocycles. The summed E-state index contributed by atoms with van der Waals surface area (Å²) in [5.74, 6) is 1.24. The molecule has 0 N–H and O–H groups in total. The Bertz CT molecular complexity index is 937. The number of amides is 1. The minimum absolute atomic E-state index is 0.0379. The number of hydrogen-bond acceptors (Lipinski definition) is 8. The van der Waals surface area contributed by atoms with E-state index in [1.807, 2.05) is 18.7 Å². The van der Waals surface area contributed by atoms with Crippen LogP contribution in [0.25, 0.3) is 11.4 Å². The topological polar surface area (TPSA) is 97.9 Å². The Morgan fingerprint density at radius 1 is 1.42 bits per heavy atom. The molecular formula is C17H18N6O2S. The third kappa shape index (κ3) is 2.98. The van der Waals surface area contributed by atoms with Crippen molar-refractivity contribution in [3.05, 3.63) is 40.2 Å². The van der Waals surface area contributed by atoms with E-state index in [0.717, 1.165) is 23.4 Å². The van der Waals surface area contributed by atoms with Gasteiger partial charge in [0, 0.05) is 31.6 Å². The Kier molecular flexibility index (Phi) is 4.46. The summed E-state index contributed by atoms with van der Waals surface area (Å²) in [6, 6.07) is 0. The number of likely N-dealkylation sites (tertiary alicyclic amines) is 1. The maximum atomic E-state index is 12.7. The second-order valence-electron chi connectivity index (χ2n) is 6.19. The average molecular weight is 370 g/mol. The van der Waals surface area contributed by atoms with Gasteiger partial charge in [-0.05, 0) is 13.3 Å². The Hall–Kier alpha value is -2.68. The van der Waals surface area contributed by atoms with Crippen LogP contribution in [0, 0.1) is 6.92 Å². The largest absolute Gasteiger partial charge is 0.339 e. The van der Waals surface area contributed by atoms with E-state index in [4.69, 9.17) is 4.52 Å². The van der Waals surface area contributed by atoms with Gasteiger partial charge < -0.3 is 9.42 Å². The summed E-state index contributed by atoms with van der Waals surface area (Å²) in [5.41, 5.74) is 4.12. The molecule has 1 aliphatic heterocycles. The van der Waals surface area contributed by atoms with Gasteiger partial charge in [0.1, 0.15) is 11.2 Å². The van der Waals surface area contributed by atoms with Crippen LogP contribution in [0.5, 0.6) is 0 Å². The second kappa shape index (κ2) is 6.91. The van der Waals surface area contributed by atoms with E-state index in [9.17, 15) is 4.79 Å². The summed E-state index contributed by atoms with van der Waals surface area (Å²) in [7, 11) is 0. The molecule has 1 amide bonds. The highest BCUT2D eigenvalue weighted by molar-refractivity contribution is 7.11. The molecule has 0 aliphatic carbocycles. The molecule has 9 heteroatoms. The van der Waals surface area contributed by atoms with Crippen LogP contribution in [0.1, 0.15) is 46.2 Å². The minimum Gasteiger partial charge on any atom is -0.339 e. The standard InChI is InChI=1S/C17H18N6O2S/c1-3-13-21-16(22-25-13)12-6-18-8-19-14(12)11-4-5-23(7-11)17(24)15-10(2)20-9-26-15/h6,8-9,11H,3-5,7H2,1-2H3. The molecule has 8 nitrogen and oxygen atoms in total. The Morgan fingerprint density at radius 2 is 2.31 bits per heavy atom. The molecule has 1 unspecified atom stereocenters. The van der Waals surface area contributed by atoms with Crippen molar-refractivity contribution in [2.24, 2.45) is 0 Å². The van der Waals surface area contributed by atoms with Crippen molar-refractivity contribution < 1.29 is 9.32 Å². The summed E-state index contributed by atoms with van der Waals surface area (Å²) in [6.07, 6.45) is 4.75. The fraction of sp³-hybridized carbons (Fsp3) is 0.412. The Balaban J connectivity index is 1.58. The number of thiazole rings is 1. The summed E-state index contributed by atoms with van der Waals surface area (Å²) in [4.78, 5) is 32.4. The molecule has 0 spiro atoms. The van der Waals surface area contributed by atoms with Crippen molar-refractivity contribution in [2.45, 2.75) is 32.6 Å². The number of nitrogens with zero attached hydrogens (tertiary/aromatic N) is 6. The lowest BCUT2D eigenvalue weighted by Gasteiger charge is -2.16. The molecule has 4 rings (SSSR count). The van der Waals surface area contributed by atoms with Crippen LogP contribution in [0.4, 0.5) is 0 Å². The molecule has 0 aromatic carbocycles. The highest BCUT2D eigenvalue weighted by Gasteiger charge is 2.32. The first-order valence-corrected chi connectivity index (χ1v) is 9.37. The van der Waals surface area contributed by atoms with Crippen LogP contribution in [0.15, 0.2) is 22.6 Å². The number of carbonyl (C=O) groups is 1. The number of rotatable bonds is 4. The van der Waals surface area contributed by atoms with Crippen molar-refractivity contribution in [3.63, 3.8) is 0 Å². The first-order chi connectivity index (χ1) is 12.7. The monoisotopic (exact) mass is 370 g/mol. The average Bonchev–Trinajstić information content (AvgIpc) is 3.41. The third-order valence-corrected chi connectivity index (χ3v) is 5.47. The van der Waals surface area contributed by atoms with Crippen molar-refractivity contribution >= 4 is 17.2 Å². The van der Waals surface area contributed by atoms with E-state index in [1.165, 1.54) is 17.7 Å². The summed E-state index contributed by atoms with van der Waals surface area (Å²) in [5, 5.41) is 4.04. The number of hydrogen-bond donors (Lipinski definition) is 0. The van der Waals surface area contributed by atoms with Gasteiger partial charge in [-0.2, -0.15) is 4.98 Å². The zero-order chi connectivity index (χ0) is 18.1. The van der Waals surface area contributed by atoms with Gasteiger partial charge in [0.25, 0.3) is 5.91 Å². The van der Waals surface area contributed by atoms with Gasteiger partial charge in [-0.3, -0.25) is 4.79 Å². The molecule has 3 aromatic rings. The van der Waals surface area contributed by atoms with Crippen LogP contribution >= 0.6 is 11.3 Å². The van der Waals surface area contributed by atoms with E-state index in [0.29, 0.717) is 36.1 Å². The van der Waals surface area contributed by atoms with Gasteiger partial charge in [0.2, 0.25) is 11.7 Å². The quantitative estimate of drug-likeness (QED) is 0.696. The Labute approximate surface area is 154 Å². The molecule has 1 fully saturated rings. The molecular weight excluding hydrogens is 352 g/mol. The summed E-state index contributed by atoms with van der Waals surface area (Å²) in [6.45, 7) is 5.12. The smallest absolute Gasteiger partial charge is 0.265 e. The van der Waals surface area contributed by atoms with E-state index in [1.54, 1.807) is 11.7 Å². The first kappa shape index (κ1) is 16.8. The molecule has 4 heterocycles. The summed E-state index contributed by atoms with van der Waals surface area (Å²) < 4.78 is 5.22. The van der Waals surface area contributed by atoms with Crippen molar-refractivity contribution in [3.8, 4) is 11.4 Å². The van der Waals surface area contributed by atoms with E-state index < -0.39 is 0 Å². The van der Waals surface area contributed by atoms with Crippen LogP contribution in [-0.2, 0) is 6.42 Å². The Morgan fingerprint density at radius 3 is 3.04 bits per heavy atom. The highest BCUT2D eigenvalue weighted by atomic mass is 32.1.